The van der Waals surface area contributed by atoms with Crippen molar-refractivity contribution in [3.05, 3.63) is 73.1 Å². The van der Waals surface area contributed by atoms with Gasteiger partial charge < -0.3 is 25.2 Å². The predicted octanol–water partition coefficient (Wildman–Crippen LogP) is 11.3. The summed E-state index contributed by atoms with van der Waals surface area (Å²) < 4.78 is 33.1. The minimum absolute atomic E-state index is 0.0821. The Labute approximate surface area is 323 Å². The molecule has 0 rings (SSSR count). The number of hydrogen-bond donors (Lipinski definition) is 3. The highest BCUT2D eigenvalue weighted by Gasteiger charge is 2.24. The molecule has 9 nitrogen and oxygen atoms in total. The molecule has 0 fully saturated rings. The fourth-order valence-corrected chi connectivity index (χ4v) is 5.87. The Morgan fingerprint density at radius 2 is 1.19 bits per heavy atom. The molecule has 0 spiro atoms. The number of carbonyl (C=O) groups is 1. The van der Waals surface area contributed by atoms with Crippen LogP contribution in [0.15, 0.2) is 73.1 Å². The van der Waals surface area contributed by atoms with Crippen molar-refractivity contribution in [3.63, 3.8) is 0 Å². The second-order valence-electron chi connectivity index (χ2n) is 13.4. The molecule has 0 aromatic carbocycles. The first-order valence-electron chi connectivity index (χ1n) is 20.6. The lowest BCUT2D eigenvalue weighted by atomic mass is 10.1. The average molecular weight is 766 g/mol. The Morgan fingerprint density at radius 3 is 1.81 bits per heavy atom. The molecule has 10 heteroatoms. The van der Waals surface area contributed by atoms with E-state index < -0.39 is 13.9 Å². The quantitative estimate of drug-likeness (QED) is 0.0184. The van der Waals surface area contributed by atoms with Gasteiger partial charge in [-0.2, -0.15) is 0 Å². The number of carbonyl (C=O) groups excluding carboxylic acids is 1. The molecule has 3 atom stereocenters. The Morgan fingerprint density at radius 1 is 0.660 bits per heavy atom. The Hall–Kier alpha value is -2.26. The fourth-order valence-electron chi connectivity index (χ4n) is 5.10. The first kappa shape index (κ1) is 50.7. The zero-order chi connectivity index (χ0) is 38.9. The molecule has 1 unspecified atom stereocenters. The molecule has 4 N–H and O–H groups in total. The van der Waals surface area contributed by atoms with E-state index in [-0.39, 0.29) is 44.9 Å². The number of phosphoric acid groups is 1. The zero-order valence-electron chi connectivity index (χ0n) is 33.3. The molecule has 0 aliphatic rings. The maximum absolute atomic E-state index is 12.4. The largest absolute Gasteiger partial charge is 0.492 e. The van der Waals surface area contributed by atoms with Gasteiger partial charge in [0.1, 0.15) is 6.61 Å². The lowest BCUT2D eigenvalue weighted by molar-refractivity contribution is -0.147. The summed E-state index contributed by atoms with van der Waals surface area (Å²) in [6.07, 6.45) is 46.4. The van der Waals surface area contributed by atoms with E-state index in [2.05, 4.69) is 62.5 Å². The zero-order valence-corrected chi connectivity index (χ0v) is 34.2. The molecule has 0 saturated heterocycles. The van der Waals surface area contributed by atoms with Crippen molar-refractivity contribution in [1.82, 2.24) is 0 Å². The van der Waals surface area contributed by atoms with Crippen LogP contribution in [0.5, 0.6) is 0 Å². The highest BCUT2D eigenvalue weighted by atomic mass is 31.2. The summed E-state index contributed by atoms with van der Waals surface area (Å²) in [5.74, 6) is -0.364. The SMILES string of the molecule is CCCCCCCC/C=C\CCCCCC/C=C/O[C@H](COC(=O)CCC/C=C\C/C=C\C/C=C\C/C=C\[C@@H](O)CCCC)COP(=O)(O)OCCN. The topological polar surface area (TPSA) is 138 Å². The third kappa shape index (κ3) is 39.3. The average Bonchev–Trinajstić information content (AvgIpc) is 3.15. The molecular formula is C43H76NO8P. The van der Waals surface area contributed by atoms with Crippen molar-refractivity contribution < 1.29 is 37.9 Å². The van der Waals surface area contributed by atoms with Gasteiger partial charge in [-0.1, -0.05) is 132 Å². The molecule has 0 radical (unpaired) electrons. The van der Waals surface area contributed by atoms with Crippen molar-refractivity contribution >= 4 is 13.8 Å². The molecule has 0 bridgehead atoms. The fraction of sp³-hybridized carbons (Fsp3) is 0.698. The van der Waals surface area contributed by atoms with Crippen LogP contribution in [0.3, 0.4) is 0 Å². The predicted molar refractivity (Wildman–Crippen MR) is 220 cm³/mol. The summed E-state index contributed by atoms with van der Waals surface area (Å²) in [5.41, 5.74) is 5.35. The second-order valence-corrected chi connectivity index (χ2v) is 14.8. The number of unbranched alkanes of at least 4 members (excludes halogenated alkanes) is 13. The van der Waals surface area contributed by atoms with E-state index in [1.807, 2.05) is 18.2 Å². The van der Waals surface area contributed by atoms with Gasteiger partial charge in [0.25, 0.3) is 0 Å². The van der Waals surface area contributed by atoms with Crippen molar-refractivity contribution in [3.8, 4) is 0 Å². The number of rotatable bonds is 38. The van der Waals surface area contributed by atoms with Gasteiger partial charge in [-0.25, -0.2) is 4.57 Å². The molecule has 0 aliphatic carbocycles. The van der Waals surface area contributed by atoms with Crippen LogP contribution >= 0.6 is 7.82 Å². The highest BCUT2D eigenvalue weighted by molar-refractivity contribution is 7.47. The monoisotopic (exact) mass is 766 g/mol. The van der Waals surface area contributed by atoms with E-state index >= 15 is 0 Å². The van der Waals surface area contributed by atoms with Crippen molar-refractivity contribution in [1.29, 1.82) is 0 Å². The van der Waals surface area contributed by atoms with Gasteiger partial charge in [0.05, 0.1) is 25.6 Å². The van der Waals surface area contributed by atoms with Crippen LogP contribution in [0.1, 0.15) is 155 Å². The number of phosphoric ester groups is 1. The summed E-state index contributed by atoms with van der Waals surface area (Å²) in [6.45, 7) is 3.95. The number of hydrogen-bond acceptors (Lipinski definition) is 8. The molecule has 0 aliphatic heterocycles. The number of aliphatic hydroxyl groups is 1. The second kappa shape index (κ2) is 39.4. The Bertz CT molecular complexity index is 1050. The molecular weight excluding hydrogens is 689 g/mol. The van der Waals surface area contributed by atoms with Gasteiger partial charge in [0.15, 0.2) is 6.10 Å². The third-order valence-electron chi connectivity index (χ3n) is 8.26. The standard InChI is InChI=1S/C43H76NO8P/c1-3-5-7-8-9-10-11-12-13-14-17-20-23-26-29-32-37-49-42(40-52-53(47,48)51-38-36-44)39-50-43(46)35-31-28-25-22-19-16-15-18-21-24-27-30-34-41(45)33-6-4-2/h12-13,15-16,21-22,24-25,30,32,34,37,41-42,45H,3-11,14,17-20,23,26-29,31,33,35-36,38-40,44H2,1-2H3,(H,47,48)/b13-12-,16-15-,24-21-,25-22-,34-30-,37-32+/t41-,42+/m0/s1. The third-order valence-corrected chi connectivity index (χ3v) is 9.24. The van der Waals surface area contributed by atoms with E-state index in [9.17, 15) is 19.4 Å². The van der Waals surface area contributed by atoms with Crippen molar-refractivity contribution in [2.45, 2.75) is 167 Å². The minimum Gasteiger partial charge on any atom is -0.492 e. The molecule has 0 amide bonds. The molecule has 306 valence electrons. The Kier molecular flexibility index (Phi) is 37.8. The van der Waals surface area contributed by atoms with Crippen LogP contribution in [-0.2, 0) is 27.9 Å². The van der Waals surface area contributed by atoms with Crippen LogP contribution < -0.4 is 5.73 Å². The smallest absolute Gasteiger partial charge is 0.472 e. The van der Waals surface area contributed by atoms with Crippen LogP contribution in [0.2, 0.25) is 0 Å². The number of esters is 1. The molecule has 53 heavy (non-hydrogen) atoms. The molecule has 0 saturated carbocycles. The van der Waals surface area contributed by atoms with E-state index in [1.165, 1.54) is 57.8 Å². The lowest BCUT2D eigenvalue weighted by Gasteiger charge is -2.19. The summed E-state index contributed by atoms with van der Waals surface area (Å²) >= 11 is 0. The van der Waals surface area contributed by atoms with E-state index in [0.29, 0.717) is 6.42 Å². The van der Waals surface area contributed by atoms with E-state index in [4.69, 9.17) is 24.3 Å². The lowest BCUT2D eigenvalue weighted by Crippen LogP contribution is -2.25. The van der Waals surface area contributed by atoms with E-state index in [1.54, 1.807) is 6.26 Å². The summed E-state index contributed by atoms with van der Waals surface area (Å²) in [7, 11) is -4.29. The minimum atomic E-state index is -4.29. The first-order valence-corrected chi connectivity index (χ1v) is 22.1. The van der Waals surface area contributed by atoms with E-state index in [0.717, 1.165) is 70.6 Å². The highest BCUT2D eigenvalue weighted by Crippen LogP contribution is 2.43. The maximum atomic E-state index is 12.4. The maximum Gasteiger partial charge on any atom is 0.472 e. The van der Waals surface area contributed by atoms with Crippen LogP contribution in [0.25, 0.3) is 0 Å². The van der Waals surface area contributed by atoms with Crippen molar-refractivity contribution in [2.75, 3.05) is 26.4 Å². The number of allylic oxidation sites excluding steroid dienone is 10. The summed E-state index contributed by atoms with van der Waals surface area (Å²) in [5, 5.41) is 9.80. The first-order chi connectivity index (χ1) is 25.8. The van der Waals surface area contributed by atoms with Crippen LogP contribution in [0, 0.1) is 0 Å². The van der Waals surface area contributed by atoms with Gasteiger partial charge in [-0.3, -0.25) is 13.8 Å². The van der Waals surface area contributed by atoms with Gasteiger partial charge in [-0.15, -0.1) is 0 Å². The number of aliphatic hydroxyl groups excluding tert-OH is 1. The van der Waals surface area contributed by atoms with Gasteiger partial charge in [0.2, 0.25) is 0 Å². The molecule has 0 aromatic heterocycles. The van der Waals surface area contributed by atoms with Crippen LogP contribution in [0.4, 0.5) is 0 Å². The summed E-state index contributed by atoms with van der Waals surface area (Å²) in [6, 6.07) is 0. The van der Waals surface area contributed by atoms with Crippen LogP contribution in [-0.4, -0.2) is 54.5 Å². The van der Waals surface area contributed by atoms with Crippen molar-refractivity contribution in [2.24, 2.45) is 5.73 Å². The molecule has 0 aromatic rings. The van der Waals surface area contributed by atoms with Gasteiger partial charge in [0, 0.05) is 13.0 Å². The Balaban J connectivity index is 4.27. The van der Waals surface area contributed by atoms with Gasteiger partial charge in [-0.05, 0) is 83.1 Å². The van der Waals surface area contributed by atoms with Gasteiger partial charge >= 0.3 is 13.8 Å². The number of nitrogens with two attached hydrogens (primary N) is 1. The number of ether oxygens (including phenoxy) is 2. The normalized spacial score (nSPS) is 14.8. The molecule has 0 heterocycles. The summed E-state index contributed by atoms with van der Waals surface area (Å²) in [4.78, 5) is 22.2.